The van der Waals surface area contributed by atoms with Crippen LogP contribution in [0, 0.1) is 5.92 Å². The van der Waals surface area contributed by atoms with Gasteiger partial charge in [-0.25, -0.2) is 4.79 Å². The Kier molecular flexibility index (Phi) is 3.69. The molecule has 2 aliphatic rings. The zero-order valence-corrected chi connectivity index (χ0v) is 11.2. The SMILES string of the molecule is O=C1NCCN1c1ccccc1CC1CCCNC1. The number of nitrogens with zero attached hydrogens (tertiary/aromatic N) is 1. The number of benzene rings is 1. The topological polar surface area (TPSA) is 44.4 Å². The molecule has 2 N–H and O–H groups in total. The number of carbonyl (C=O) groups excluding carboxylic acids is 1. The highest BCUT2D eigenvalue weighted by molar-refractivity contribution is 5.94. The Balaban J connectivity index is 1.78. The fourth-order valence-corrected chi connectivity index (χ4v) is 3.06. The summed E-state index contributed by atoms with van der Waals surface area (Å²) in [6, 6.07) is 8.35. The van der Waals surface area contributed by atoms with E-state index in [-0.39, 0.29) is 6.03 Å². The fourth-order valence-electron chi connectivity index (χ4n) is 3.06. The number of piperidine rings is 1. The Morgan fingerprint density at radius 1 is 1.26 bits per heavy atom. The number of nitrogens with one attached hydrogen (secondary N) is 2. The largest absolute Gasteiger partial charge is 0.336 e. The first-order chi connectivity index (χ1) is 9.34. The molecule has 2 aliphatic heterocycles. The lowest BCUT2D eigenvalue weighted by Gasteiger charge is -2.25. The van der Waals surface area contributed by atoms with E-state index >= 15 is 0 Å². The van der Waals surface area contributed by atoms with Crippen molar-refractivity contribution in [1.29, 1.82) is 0 Å². The van der Waals surface area contributed by atoms with Crippen LogP contribution in [0.1, 0.15) is 18.4 Å². The van der Waals surface area contributed by atoms with Gasteiger partial charge in [-0.05, 0) is 49.9 Å². The third-order valence-electron chi connectivity index (χ3n) is 4.05. The molecule has 3 rings (SSSR count). The third kappa shape index (κ3) is 2.73. The molecule has 2 fully saturated rings. The second-order valence-electron chi connectivity index (χ2n) is 5.43. The first kappa shape index (κ1) is 12.5. The molecular weight excluding hydrogens is 238 g/mol. The monoisotopic (exact) mass is 259 g/mol. The van der Waals surface area contributed by atoms with Gasteiger partial charge in [0.15, 0.2) is 0 Å². The number of hydrogen-bond donors (Lipinski definition) is 2. The van der Waals surface area contributed by atoms with E-state index in [1.807, 2.05) is 11.0 Å². The Bertz CT molecular complexity index is 454. The summed E-state index contributed by atoms with van der Waals surface area (Å²) >= 11 is 0. The summed E-state index contributed by atoms with van der Waals surface area (Å²) in [6.07, 6.45) is 3.61. The predicted molar refractivity (Wildman–Crippen MR) is 76.5 cm³/mol. The first-order valence-corrected chi connectivity index (χ1v) is 7.18. The molecule has 1 aromatic rings. The molecule has 2 amide bonds. The maximum absolute atomic E-state index is 11.8. The molecule has 1 atom stereocenters. The van der Waals surface area contributed by atoms with Crippen LogP contribution >= 0.6 is 0 Å². The van der Waals surface area contributed by atoms with Crippen LogP contribution in [-0.2, 0) is 6.42 Å². The molecule has 0 aliphatic carbocycles. The standard InChI is InChI=1S/C15H21N3O/c19-15-17-8-9-18(15)14-6-2-1-5-13(14)10-12-4-3-7-16-11-12/h1-2,5-6,12,16H,3-4,7-11H2,(H,17,19). The molecule has 2 heterocycles. The van der Waals surface area contributed by atoms with Gasteiger partial charge in [0.2, 0.25) is 0 Å². The Morgan fingerprint density at radius 2 is 2.16 bits per heavy atom. The summed E-state index contributed by atoms with van der Waals surface area (Å²) in [6.45, 7) is 3.77. The van der Waals surface area contributed by atoms with E-state index < -0.39 is 0 Å². The van der Waals surface area contributed by atoms with E-state index in [1.54, 1.807) is 0 Å². The number of para-hydroxylation sites is 1. The minimum absolute atomic E-state index is 0.0363. The van der Waals surface area contributed by atoms with Crippen LogP contribution in [0.4, 0.5) is 10.5 Å². The van der Waals surface area contributed by atoms with E-state index in [0.717, 1.165) is 38.3 Å². The van der Waals surface area contributed by atoms with Gasteiger partial charge in [-0.3, -0.25) is 4.90 Å². The number of carbonyl (C=O) groups is 1. The highest BCUT2D eigenvalue weighted by Gasteiger charge is 2.24. The molecule has 0 radical (unpaired) electrons. The summed E-state index contributed by atoms with van der Waals surface area (Å²) in [5.74, 6) is 0.695. The third-order valence-corrected chi connectivity index (χ3v) is 4.05. The lowest BCUT2D eigenvalue weighted by molar-refractivity contribution is 0.252. The second kappa shape index (κ2) is 5.61. The lowest BCUT2D eigenvalue weighted by Crippen LogP contribution is -2.32. The van der Waals surface area contributed by atoms with E-state index in [4.69, 9.17) is 0 Å². The van der Waals surface area contributed by atoms with Gasteiger partial charge in [0.05, 0.1) is 0 Å². The van der Waals surface area contributed by atoms with Crippen molar-refractivity contribution >= 4 is 11.7 Å². The molecule has 1 aromatic carbocycles. The number of urea groups is 1. The summed E-state index contributed by atoms with van der Waals surface area (Å²) in [4.78, 5) is 13.7. The van der Waals surface area contributed by atoms with E-state index in [9.17, 15) is 4.79 Å². The summed E-state index contributed by atoms with van der Waals surface area (Å²) in [5.41, 5.74) is 2.39. The molecule has 0 bridgehead atoms. The highest BCUT2D eigenvalue weighted by Crippen LogP contribution is 2.26. The van der Waals surface area contributed by atoms with Crippen molar-refractivity contribution in [2.45, 2.75) is 19.3 Å². The maximum Gasteiger partial charge on any atom is 0.322 e. The van der Waals surface area contributed by atoms with Crippen LogP contribution in [0.5, 0.6) is 0 Å². The highest BCUT2D eigenvalue weighted by atomic mass is 16.2. The zero-order chi connectivity index (χ0) is 13.1. The average molecular weight is 259 g/mol. The quantitative estimate of drug-likeness (QED) is 0.868. The molecular formula is C15H21N3O. The Hall–Kier alpha value is -1.55. The maximum atomic E-state index is 11.8. The normalized spacial score (nSPS) is 23.5. The molecule has 0 saturated carbocycles. The van der Waals surface area contributed by atoms with Crippen molar-refractivity contribution < 1.29 is 4.79 Å². The minimum Gasteiger partial charge on any atom is -0.336 e. The van der Waals surface area contributed by atoms with Crippen LogP contribution in [0.25, 0.3) is 0 Å². The van der Waals surface area contributed by atoms with Gasteiger partial charge in [-0.2, -0.15) is 0 Å². The van der Waals surface area contributed by atoms with E-state index in [2.05, 4.69) is 28.8 Å². The number of rotatable bonds is 3. The number of hydrogen-bond acceptors (Lipinski definition) is 2. The van der Waals surface area contributed by atoms with Crippen molar-refractivity contribution in [3.05, 3.63) is 29.8 Å². The van der Waals surface area contributed by atoms with Gasteiger partial charge in [0, 0.05) is 18.8 Å². The van der Waals surface area contributed by atoms with E-state index in [1.165, 1.54) is 18.4 Å². The first-order valence-electron chi connectivity index (χ1n) is 7.18. The number of amides is 2. The van der Waals surface area contributed by atoms with Crippen LogP contribution in [0.3, 0.4) is 0 Å². The second-order valence-corrected chi connectivity index (χ2v) is 5.43. The van der Waals surface area contributed by atoms with Gasteiger partial charge in [0.25, 0.3) is 0 Å². The number of anilines is 1. The van der Waals surface area contributed by atoms with Crippen molar-refractivity contribution in [3.63, 3.8) is 0 Å². The zero-order valence-electron chi connectivity index (χ0n) is 11.2. The van der Waals surface area contributed by atoms with Crippen LogP contribution in [0.2, 0.25) is 0 Å². The van der Waals surface area contributed by atoms with Crippen LogP contribution < -0.4 is 15.5 Å². The van der Waals surface area contributed by atoms with Crippen molar-refractivity contribution in [2.24, 2.45) is 5.92 Å². The molecule has 19 heavy (non-hydrogen) atoms. The van der Waals surface area contributed by atoms with Crippen molar-refractivity contribution in [2.75, 3.05) is 31.1 Å². The van der Waals surface area contributed by atoms with Crippen molar-refractivity contribution in [3.8, 4) is 0 Å². The Labute approximate surface area is 114 Å². The smallest absolute Gasteiger partial charge is 0.322 e. The van der Waals surface area contributed by atoms with Gasteiger partial charge in [0.1, 0.15) is 0 Å². The lowest BCUT2D eigenvalue weighted by atomic mass is 9.91. The molecule has 4 nitrogen and oxygen atoms in total. The molecule has 0 spiro atoms. The fraction of sp³-hybridized carbons (Fsp3) is 0.533. The molecule has 102 valence electrons. The molecule has 2 saturated heterocycles. The summed E-state index contributed by atoms with van der Waals surface area (Å²) in [5, 5.41) is 6.33. The van der Waals surface area contributed by atoms with Gasteiger partial charge >= 0.3 is 6.03 Å². The van der Waals surface area contributed by atoms with Crippen LogP contribution in [-0.4, -0.2) is 32.2 Å². The van der Waals surface area contributed by atoms with Gasteiger partial charge in [-0.1, -0.05) is 18.2 Å². The van der Waals surface area contributed by atoms with Gasteiger partial charge < -0.3 is 10.6 Å². The summed E-state index contributed by atoms with van der Waals surface area (Å²) in [7, 11) is 0. The minimum atomic E-state index is 0.0363. The van der Waals surface area contributed by atoms with Gasteiger partial charge in [-0.15, -0.1) is 0 Å². The summed E-state index contributed by atoms with van der Waals surface area (Å²) < 4.78 is 0. The molecule has 4 heteroatoms. The van der Waals surface area contributed by atoms with E-state index in [0.29, 0.717) is 5.92 Å². The Morgan fingerprint density at radius 3 is 2.89 bits per heavy atom. The average Bonchev–Trinajstić information content (AvgIpc) is 2.87. The molecule has 1 unspecified atom stereocenters. The van der Waals surface area contributed by atoms with Crippen LogP contribution in [0.15, 0.2) is 24.3 Å². The predicted octanol–water partition coefficient (Wildman–Crippen LogP) is 1.76. The molecule has 0 aromatic heterocycles. The van der Waals surface area contributed by atoms with Crippen molar-refractivity contribution in [1.82, 2.24) is 10.6 Å².